The molecule has 192 valence electrons. The number of ether oxygens (including phenoxy) is 2. The number of rotatable bonds is 9. The molecule has 1 fully saturated rings. The minimum Gasteiger partial charge on any atom is -0.387 e. The van der Waals surface area contributed by atoms with Gasteiger partial charge >= 0.3 is 5.69 Å². The third-order valence-corrected chi connectivity index (χ3v) is 7.24. The number of H-pyrrole nitrogens is 1. The third kappa shape index (κ3) is 4.74. The van der Waals surface area contributed by atoms with Crippen LogP contribution < -0.4 is 11.2 Å². The van der Waals surface area contributed by atoms with Gasteiger partial charge < -0.3 is 19.7 Å². The van der Waals surface area contributed by atoms with Gasteiger partial charge in [-0.3, -0.25) is 14.3 Å². The number of halogens is 1. The second kappa shape index (κ2) is 10.7. The summed E-state index contributed by atoms with van der Waals surface area (Å²) in [5, 5.41) is 22.5. The predicted octanol–water partition coefficient (Wildman–Crippen LogP) is 2.82. The van der Waals surface area contributed by atoms with Crippen LogP contribution in [0.3, 0.4) is 0 Å². The Morgan fingerprint density at radius 1 is 1.09 bits per heavy atom. The first kappa shape index (κ1) is 25.8. The first-order chi connectivity index (χ1) is 16.8. The van der Waals surface area contributed by atoms with Crippen molar-refractivity contribution in [1.29, 1.82) is 0 Å². The van der Waals surface area contributed by atoms with Gasteiger partial charge in [-0.15, -0.1) is 0 Å². The number of nitrogens with one attached hydrogen (secondary N) is 1. The van der Waals surface area contributed by atoms with Crippen LogP contribution in [-0.2, 0) is 34.5 Å². The molecule has 1 saturated heterocycles. The van der Waals surface area contributed by atoms with Crippen molar-refractivity contribution in [1.82, 2.24) is 9.55 Å². The Balaban J connectivity index is 1.75. The monoisotopic (exact) mass is 490 g/mol. The van der Waals surface area contributed by atoms with Gasteiger partial charge in [0.25, 0.3) is 5.56 Å². The molecule has 1 aromatic heterocycles. The van der Waals surface area contributed by atoms with Gasteiger partial charge in [0.2, 0.25) is 5.82 Å². The van der Waals surface area contributed by atoms with E-state index in [9.17, 15) is 24.2 Å². The van der Waals surface area contributed by atoms with Crippen molar-refractivity contribution in [3.63, 3.8) is 0 Å². The fourth-order valence-electron chi connectivity index (χ4n) is 5.31. The summed E-state index contributed by atoms with van der Waals surface area (Å²) in [6, 6.07) is 4.15. The van der Waals surface area contributed by atoms with Crippen LogP contribution in [-0.4, -0.2) is 38.6 Å². The molecular weight excluding hydrogens is 455 g/mol. The molecule has 4 atom stereocenters. The summed E-state index contributed by atoms with van der Waals surface area (Å²) in [4.78, 5) is 25.8. The van der Waals surface area contributed by atoms with E-state index in [0.717, 1.165) is 61.5 Å². The van der Waals surface area contributed by atoms with Crippen molar-refractivity contribution in [3.05, 3.63) is 67.2 Å². The number of fused-ring (bicyclic) bond motifs is 2. The summed E-state index contributed by atoms with van der Waals surface area (Å²) in [7, 11) is 0. The highest BCUT2D eigenvalue weighted by molar-refractivity contribution is 5.45. The van der Waals surface area contributed by atoms with E-state index in [1.54, 1.807) is 0 Å². The number of aliphatic hydroxyl groups excluding tert-OH is 2. The van der Waals surface area contributed by atoms with Gasteiger partial charge in [0.1, 0.15) is 12.2 Å². The van der Waals surface area contributed by atoms with Crippen LogP contribution in [0.1, 0.15) is 80.9 Å². The second-order valence-electron chi connectivity index (χ2n) is 9.60. The molecule has 2 aliphatic heterocycles. The third-order valence-electron chi connectivity index (χ3n) is 7.24. The molecule has 35 heavy (non-hydrogen) atoms. The standard InChI is InChI=1S/C26H35FN2O6/c1-3-5-7-9-16-11-18-14-35-26(19(18)12-17(16)10-8-6-4-2)21(30)15-34-24(22(26)31)29-13-20(27)23(32)28-25(29)33/h11-13,21-22,24,30-31H,3-10,14-15H2,1-2H3,(H,28,32,33)/t21-,22+,24-,26-/m1/s1. The molecule has 0 radical (unpaired) electrons. The highest BCUT2D eigenvalue weighted by Crippen LogP contribution is 2.48. The Kier molecular flexibility index (Phi) is 7.90. The van der Waals surface area contributed by atoms with Crippen LogP contribution in [0.15, 0.2) is 27.9 Å². The van der Waals surface area contributed by atoms with Crippen molar-refractivity contribution < 1.29 is 24.1 Å². The number of aliphatic hydroxyl groups is 2. The molecular formula is C26H35FN2O6. The lowest BCUT2D eigenvalue weighted by Crippen LogP contribution is -2.60. The van der Waals surface area contributed by atoms with Gasteiger partial charge in [0.15, 0.2) is 11.8 Å². The van der Waals surface area contributed by atoms with Crippen molar-refractivity contribution >= 4 is 0 Å². The molecule has 9 heteroatoms. The van der Waals surface area contributed by atoms with Gasteiger partial charge in [-0.25, -0.2) is 4.79 Å². The minimum atomic E-state index is -1.54. The van der Waals surface area contributed by atoms with E-state index < -0.39 is 41.1 Å². The largest absolute Gasteiger partial charge is 0.387 e. The van der Waals surface area contributed by atoms with Crippen LogP contribution in [0.25, 0.3) is 0 Å². The molecule has 3 N–H and O–H groups in total. The van der Waals surface area contributed by atoms with Gasteiger partial charge in [0, 0.05) is 0 Å². The average molecular weight is 491 g/mol. The molecule has 1 aromatic carbocycles. The lowest BCUT2D eigenvalue weighted by Gasteiger charge is -2.46. The molecule has 0 unspecified atom stereocenters. The van der Waals surface area contributed by atoms with E-state index in [-0.39, 0.29) is 13.2 Å². The summed E-state index contributed by atoms with van der Waals surface area (Å²) in [6.07, 6.45) is 5.08. The smallest absolute Gasteiger partial charge is 0.330 e. The lowest BCUT2D eigenvalue weighted by molar-refractivity contribution is -0.280. The fourth-order valence-corrected chi connectivity index (χ4v) is 5.31. The van der Waals surface area contributed by atoms with Gasteiger partial charge in [-0.05, 0) is 47.9 Å². The maximum absolute atomic E-state index is 14.0. The number of unbranched alkanes of at least 4 members (excludes halogenated alkanes) is 4. The number of aryl methyl sites for hydroxylation is 2. The molecule has 3 heterocycles. The van der Waals surface area contributed by atoms with Gasteiger partial charge in [-0.2, -0.15) is 4.39 Å². The van der Waals surface area contributed by atoms with Crippen LogP contribution in [0.2, 0.25) is 0 Å². The first-order valence-corrected chi connectivity index (χ1v) is 12.6. The second-order valence-corrected chi connectivity index (χ2v) is 9.60. The van der Waals surface area contributed by atoms with E-state index in [1.807, 2.05) is 11.1 Å². The molecule has 4 rings (SSSR count). The van der Waals surface area contributed by atoms with Crippen molar-refractivity contribution in [2.24, 2.45) is 0 Å². The lowest BCUT2D eigenvalue weighted by atomic mass is 9.78. The SMILES string of the molecule is CCCCCc1cc2c(cc1CCCCC)[C@@]1(OC2)[C@H](O)CO[C@@H](n2cc(F)c(=O)[nH]c2=O)[C@@H]1O. The van der Waals surface area contributed by atoms with Gasteiger partial charge in [0.05, 0.1) is 19.4 Å². The molecule has 1 spiro atoms. The van der Waals surface area contributed by atoms with Gasteiger partial charge in [-0.1, -0.05) is 51.7 Å². The Morgan fingerprint density at radius 3 is 2.40 bits per heavy atom. The van der Waals surface area contributed by atoms with Crippen LogP contribution >= 0.6 is 0 Å². The molecule has 0 bridgehead atoms. The number of aromatic amines is 1. The van der Waals surface area contributed by atoms with Crippen LogP contribution in [0.4, 0.5) is 4.39 Å². The maximum Gasteiger partial charge on any atom is 0.330 e. The number of aromatic nitrogens is 2. The maximum atomic E-state index is 14.0. The van der Waals surface area contributed by atoms with E-state index >= 15 is 0 Å². The normalized spacial score (nSPS) is 25.8. The van der Waals surface area contributed by atoms with Crippen molar-refractivity contribution in [2.75, 3.05) is 6.61 Å². The summed E-state index contributed by atoms with van der Waals surface area (Å²) in [5.41, 5.74) is 0.390. The Morgan fingerprint density at radius 2 is 1.74 bits per heavy atom. The highest BCUT2D eigenvalue weighted by atomic mass is 19.1. The molecule has 2 aliphatic rings. The number of benzene rings is 1. The van der Waals surface area contributed by atoms with Crippen LogP contribution in [0.5, 0.6) is 0 Å². The summed E-state index contributed by atoms with van der Waals surface area (Å²) in [5.74, 6) is -1.18. The minimum absolute atomic E-state index is 0.196. The average Bonchev–Trinajstić information content (AvgIpc) is 3.20. The number of hydrogen-bond donors (Lipinski definition) is 3. The van der Waals surface area contributed by atoms with Crippen LogP contribution in [0, 0.1) is 5.82 Å². The number of nitrogens with zero attached hydrogens (tertiary/aromatic N) is 1. The molecule has 2 aromatic rings. The Bertz CT molecular complexity index is 1160. The molecule has 0 saturated carbocycles. The quantitative estimate of drug-likeness (QED) is 0.466. The van der Waals surface area contributed by atoms with E-state index in [2.05, 4.69) is 19.9 Å². The van der Waals surface area contributed by atoms with Crippen molar-refractivity contribution in [2.45, 2.75) is 95.9 Å². The Labute approximate surface area is 203 Å². The highest BCUT2D eigenvalue weighted by Gasteiger charge is 2.58. The topological polar surface area (TPSA) is 114 Å². The summed E-state index contributed by atoms with van der Waals surface area (Å²) < 4.78 is 26.5. The zero-order valence-corrected chi connectivity index (χ0v) is 20.4. The predicted molar refractivity (Wildman–Crippen MR) is 128 cm³/mol. The molecule has 0 aliphatic carbocycles. The van der Waals surface area contributed by atoms with E-state index in [4.69, 9.17) is 9.47 Å². The van der Waals surface area contributed by atoms with E-state index in [1.165, 1.54) is 11.1 Å². The van der Waals surface area contributed by atoms with Crippen molar-refractivity contribution in [3.8, 4) is 0 Å². The fraction of sp³-hybridized carbons (Fsp3) is 0.615. The zero-order valence-electron chi connectivity index (χ0n) is 20.4. The Hall–Kier alpha value is -2.33. The summed E-state index contributed by atoms with van der Waals surface area (Å²) >= 11 is 0. The molecule has 8 nitrogen and oxygen atoms in total. The summed E-state index contributed by atoms with van der Waals surface area (Å²) in [6.45, 7) is 4.29. The zero-order chi connectivity index (χ0) is 25.2. The first-order valence-electron chi connectivity index (χ1n) is 12.6. The van der Waals surface area contributed by atoms with E-state index in [0.29, 0.717) is 11.8 Å². The number of hydrogen-bond acceptors (Lipinski definition) is 6. The molecule has 0 amide bonds.